The van der Waals surface area contributed by atoms with Gasteiger partial charge in [0.05, 0.1) is 33.0 Å². The first-order valence-electron chi connectivity index (χ1n) is 21.6. The third-order valence-corrected chi connectivity index (χ3v) is 8.66. The van der Waals surface area contributed by atoms with Gasteiger partial charge in [0.15, 0.2) is 11.6 Å². The highest BCUT2D eigenvalue weighted by Crippen LogP contribution is 2.14. The zero-order valence-electron chi connectivity index (χ0n) is 36.6. The number of hydrogen-bond donors (Lipinski definition) is 3. The lowest BCUT2D eigenvalue weighted by atomic mass is 10.0. The molecule has 0 saturated carbocycles. The first kappa shape index (κ1) is 56.0. The molecule has 332 valence electrons. The average molecular weight is 813 g/mol. The number of carbonyl (C=O) groups excluding carboxylic acids is 4. The van der Waals surface area contributed by atoms with Crippen molar-refractivity contribution in [1.82, 2.24) is 10.6 Å². The molecule has 14 heteroatoms. The van der Waals surface area contributed by atoms with E-state index >= 15 is 0 Å². The molecule has 0 saturated heterocycles. The summed E-state index contributed by atoms with van der Waals surface area (Å²) in [5.74, 6) is -1.73. The van der Waals surface area contributed by atoms with Crippen LogP contribution in [0.3, 0.4) is 0 Å². The molecule has 0 bridgehead atoms. The molecule has 0 aliphatic heterocycles. The maximum absolute atomic E-state index is 12.2. The number of carboxylic acids is 1. The Morgan fingerprint density at radius 1 is 0.526 bits per heavy atom. The maximum Gasteiger partial charge on any atom is 0.326 e. The number of nitrogens with one attached hydrogen (secondary N) is 2. The fourth-order valence-electron chi connectivity index (χ4n) is 5.25. The quantitative estimate of drug-likeness (QED) is 0.0317. The van der Waals surface area contributed by atoms with Gasteiger partial charge in [-0.25, -0.2) is 4.79 Å². The summed E-state index contributed by atoms with van der Waals surface area (Å²) in [6.45, 7) is 14.5. The molecule has 0 aromatic rings. The molecule has 3 N–H and O–H groups in total. The van der Waals surface area contributed by atoms with Crippen LogP contribution in [0.25, 0.3) is 0 Å². The van der Waals surface area contributed by atoms with Crippen LogP contribution in [0.4, 0.5) is 0 Å². The Morgan fingerprint density at radius 3 is 1.42 bits per heavy atom. The number of nitrogens with zero attached hydrogens (tertiary/aromatic N) is 2. The minimum absolute atomic E-state index is 0.00944. The van der Waals surface area contributed by atoms with Crippen LogP contribution in [0.1, 0.15) is 170 Å². The number of carboxylic acid groups (broad SMARTS) is 1. The summed E-state index contributed by atoms with van der Waals surface area (Å²) in [5, 5.41) is 23.2. The predicted octanol–water partition coefficient (Wildman–Crippen LogP) is 7.58. The molecule has 14 nitrogen and oxygen atoms in total. The Bertz CT molecular complexity index is 1100. The highest BCUT2D eigenvalue weighted by Gasteiger charge is 2.20. The zero-order chi connectivity index (χ0) is 42.8. The van der Waals surface area contributed by atoms with Crippen LogP contribution < -0.4 is 10.6 Å². The average Bonchev–Trinajstić information content (AvgIpc) is 3.17. The molecule has 0 heterocycles. The minimum atomic E-state index is -1.14. The summed E-state index contributed by atoms with van der Waals surface area (Å²) in [4.78, 5) is 56.9. The number of amides is 2. The van der Waals surface area contributed by atoms with Crippen LogP contribution in [0.15, 0.2) is 10.2 Å². The van der Waals surface area contributed by atoms with E-state index in [-0.39, 0.29) is 62.6 Å². The monoisotopic (exact) mass is 813 g/mol. The smallest absolute Gasteiger partial charge is 0.326 e. The van der Waals surface area contributed by atoms with Crippen molar-refractivity contribution in [3.05, 3.63) is 0 Å². The second kappa shape index (κ2) is 42.5. The van der Waals surface area contributed by atoms with Crippen molar-refractivity contribution in [3.8, 4) is 0 Å². The van der Waals surface area contributed by atoms with Gasteiger partial charge in [-0.1, -0.05) is 90.9 Å². The number of aliphatic carboxylic acids is 1. The summed E-state index contributed by atoms with van der Waals surface area (Å²) >= 11 is 0. The standard InChI is InChI=1S/C35H64N4O7.C8H16O3/c1-5-29(2)38-39-30(3)20-18-16-14-12-10-8-6-7-9-11-13-15-17-19-21-34(42)37-32(35(43)44)22-23-33(41)36-24-25-45-26-27-46-28-31(4)40;1-3-4-10-5-6-11-7-8(2)9/h32H,5-28H2,1-4H3,(H,36,41)(H,37,42)(H,43,44);3-7H2,1-2H3/b38-29+,39-30+;/t32-;/m0./s1. The van der Waals surface area contributed by atoms with E-state index in [2.05, 4.69) is 41.6 Å². The maximum atomic E-state index is 12.2. The molecule has 0 rings (SSSR count). The first-order valence-corrected chi connectivity index (χ1v) is 21.6. The highest BCUT2D eigenvalue weighted by atomic mass is 16.5. The number of rotatable bonds is 39. The minimum Gasteiger partial charge on any atom is -0.480 e. The van der Waals surface area contributed by atoms with Gasteiger partial charge in [-0.05, 0) is 66.2 Å². The lowest BCUT2D eigenvalue weighted by Gasteiger charge is -2.14. The summed E-state index contributed by atoms with van der Waals surface area (Å²) in [6, 6.07) is -1.09. The fourth-order valence-corrected chi connectivity index (χ4v) is 5.25. The van der Waals surface area contributed by atoms with E-state index in [1.54, 1.807) is 0 Å². The Kier molecular flexibility index (Phi) is 41.8. The Hall–Kier alpha value is -3.07. The van der Waals surface area contributed by atoms with Crippen LogP contribution in [0.5, 0.6) is 0 Å². The summed E-state index contributed by atoms with van der Waals surface area (Å²) in [7, 11) is 0. The third-order valence-electron chi connectivity index (χ3n) is 8.66. The van der Waals surface area contributed by atoms with E-state index in [1.807, 2.05) is 6.92 Å². The molecule has 0 aliphatic rings. The molecular weight excluding hydrogens is 732 g/mol. The molecule has 0 fully saturated rings. The SMILES string of the molecule is CC/C(C)=N/N=C(\C)CCCCCCCCCCCCCCCCC(=O)N[C@@H](CCC(=O)NCCOCCOCC(C)=O)C(=O)O.CCCOCCOCC(C)=O. The van der Waals surface area contributed by atoms with Crippen molar-refractivity contribution in [2.24, 2.45) is 10.2 Å². The molecule has 57 heavy (non-hydrogen) atoms. The van der Waals surface area contributed by atoms with Gasteiger partial charge >= 0.3 is 5.97 Å². The number of Topliss-reactive ketones (excluding diaryl/α,β-unsaturated/α-hetero) is 2. The summed E-state index contributed by atoms with van der Waals surface area (Å²) in [6.07, 6.45) is 20.1. The van der Waals surface area contributed by atoms with Gasteiger partial charge < -0.3 is 34.7 Å². The lowest BCUT2D eigenvalue weighted by Crippen LogP contribution is -2.41. The predicted molar refractivity (Wildman–Crippen MR) is 227 cm³/mol. The van der Waals surface area contributed by atoms with Crippen molar-refractivity contribution >= 4 is 40.8 Å². The topological polar surface area (TPSA) is 191 Å². The van der Waals surface area contributed by atoms with Crippen LogP contribution in [-0.4, -0.2) is 111 Å². The second-order valence-electron chi connectivity index (χ2n) is 14.6. The van der Waals surface area contributed by atoms with Crippen LogP contribution in [-0.2, 0) is 42.9 Å². The molecule has 0 radical (unpaired) electrons. The Balaban J connectivity index is 0. The molecule has 0 aromatic carbocycles. The van der Waals surface area contributed by atoms with E-state index in [0.717, 1.165) is 56.6 Å². The van der Waals surface area contributed by atoms with E-state index in [0.29, 0.717) is 32.8 Å². The molecule has 0 aromatic heterocycles. The number of carbonyl (C=O) groups is 5. The van der Waals surface area contributed by atoms with Crippen LogP contribution in [0, 0.1) is 0 Å². The van der Waals surface area contributed by atoms with E-state index < -0.39 is 12.0 Å². The van der Waals surface area contributed by atoms with E-state index in [1.165, 1.54) is 84.5 Å². The van der Waals surface area contributed by atoms with Crippen molar-refractivity contribution < 1.29 is 48.0 Å². The number of hydrogen-bond acceptors (Lipinski definition) is 11. The number of unbranched alkanes of at least 4 members (excludes halogenated alkanes) is 13. The molecule has 0 spiro atoms. The fraction of sp³-hybridized carbons (Fsp3) is 0.837. The summed E-state index contributed by atoms with van der Waals surface area (Å²) in [5.41, 5.74) is 2.21. The molecule has 0 unspecified atom stereocenters. The van der Waals surface area contributed by atoms with Crippen LogP contribution >= 0.6 is 0 Å². The Labute approximate surface area is 344 Å². The van der Waals surface area contributed by atoms with Gasteiger partial charge in [-0.3, -0.25) is 19.2 Å². The van der Waals surface area contributed by atoms with E-state index in [9.17, 15) is 29.1 Å². The zero-order valence-corrected chi connectivity index (χ0v) is 36.6. The van der Waals surface area contributed by atoms with Gasteiger partial charge in [0.25, 0.3) is 0 Å². The normalized spacial score (nSPS) is 12.1. The number of ketones is 2. The van der Waals surface area contributed by atoms with Gasteiger partial charge in [0, 0.05) is 37.4 Å². The van der Waals surface area contributed by atoms with Crippen molar-refractivity contribution in [2.45, 2.75) is 176 Å². The summed E-state index contributed by atoms with van der Waals surface area (Å²) < 4.78 is 20.5. The molecule has 0 aliphatic carbocycles. The van der Waals surface area contributed by atoms with Crippen LogP contribution in [0.2, 0.25) is 0 Å². The molecule has 2 amide bonds. The van der Waals surface area contributed by atoms with Gasteiger partial charge in [-0.2, -0.15) is 10.2 Å². The van der Waals surface area contributed by atoms with Crippen molar-refractivity contribution in [1.29, 1.82) is 0 Å². The highest BCUT2D eigenvalue weighted by molar-refractivity contribution is 5.85. The van der Waals surface area contributed by atoms with Gasteiger partial charge in [0.1, 0.15) is 19.3 Å². The second-order valence-corrected chi connectivity index (χ2v) is 14.6. The number of ether oxygens (including phenoxy) is 4. The largest absolute Gasteiger partial charge is 0.480 e. The first-order chi connectivity index (χ1) is 27.4. The Morgan fingerprint density at radius 2 is 0.965 bits per heavy atom. The van der Waals surface area contributed by atoms with E-state index in [4.69, 9.17) is 18.9 Å². The van der Waals surface area contributed by atoms with Gasteiger partial charge in [0.2, 0.25) is 11.8 Å². The molecular formula is C43H80N4O10. The van der Waals surface area contributed by atoms with Crippen molar-refractivity contribution in [3.63, 3.8) is 0 Å². The van der Waals surface area contributed by atoms with Crippen molar-refractivity contribution in [2.75, 3.05) is 59.4 Å². The lowest BCUT2D eigenvalue weighted by molar-refractivity contribution is -0.142. The third kappa shape index (κ3) is 45.5. The van der Waals surface area contributed by atoms with Gasteiger partial charge in [-0.15, -0.1) is 0 Å². The molecule has 1 atom stereocenters.